The van der Waals surface area contributed by atoms with Crippen LogP contribution in [-0.2, 0) is 17.6 Å². The number of benzene rings is 1. The van der Waals surface area contributed by atoms with Crippen LogP contribution in [0.3, 0.4) is 0 Å². The molecule has 1 aromatic heterocycles. The fourth-order valence-corrected chi connectivity index (χ4v) is 3.54. The molecule has 2 aromatic rings. The van der Waals surface area contributed by atoms with Crippen LogP contribution >= 0.6 is 11.6 Å². The van der Waals surface area contributed by atoms with Gasteiger partial charge in [-0.05, 0) is 37.0 Å². The van der Waals surface area contributed by atoms with Gasteiger partial charge in [-0.2, -0.15) is 0 Å². The number of carbonyl (C=O) groups is 1. The average molecular weight is 347 g/mol. The Hall–Kier alpha value is -1.85. The molecule has 0 N–H and O–H groups in total. The first-order valence-electron chi connectivity index (χ1n) is 8.36. The summed E-state index contributed by atoms with van der Waals surface area (Å²) in [6, 6.07) is 7.57. The zero-order chi connectivity index (χ0) is 16.5. The molecule has 0 unspecified atom stereocenters. The number of carbonyl (C=O) groups excluding carboxylic acids is 1. The highest BCUT2D eigenvalue weighted by molar-refractivity contribution is 6.30. The summed E-state index contributed by atoms with van der Waals surface area (Å²) < 4.78 is 11.2. The van der Waals surface area contributed by atoms with Crippen LogP contribution in [-0.4, -0.2) is 35.7 Å². The quantitative estimate of drug-likeness (QED) is 0.836. The van der Waals surface area contributed by atoms with Crippen LogP contribution in [0.5, 0.6) is 0 Å². The number of amides is 1. The molecule has 1 aliphatic carbocycles. The summed E-state index contributed by atoms with van der Waals surface area (Å²) in [7, 11) is 0. The molecule has 24 heavy (non-hydrogen) atoms. The summed E-state index contributed by atoms with van der Waals surface area (Å²) >= 11 is 5.94. The maximum absolute atomic E-state index is 12.9. The number of halogens is 1. The second-order valence-corrected chi connectivity index (χ2v) is 6.74. The number of fused-ring (bicyclic) bond motifs is 1. The Labute approximate surface area is 145 Å². The number of ether oxygens (including phenoxy) is 1. The van der Waals surface area contributed by atoms with Crippen LogP contribution < -0.4 is 0 Å². The Balaban J connectivity index is 1.52. The van der Waals surface area contributed by atoms with E-state index in [0.717, 1.165) is 42.6 Å². The van der Waals surface area contributed by atoms with Gasteiger partial charge in [0.15, 0.2) is 5.69 Å². The molecule has 0 radical (unpaired) electrons. The maximum atomic E-state index is 12.9. The summed E-state index contributed by atoms with van der Waals surface area (Å²) in [6.45, 7) is 1.60. The van der Waals surface area contributed by atoms with Crippen LogP contribution in [0, 0.1) is 0 Å². The van der Waals surface area contributed by atoms with E-state index in [1.54, 1.807) is 0 Å². The molecule has 2 heterocycles. The van der Waals surface area contributed by atoms with Gasteiger partial charge in [0, 0.05) is 23.6 Å². The normalized spacial score (nSPS) is 20.7. The minimum atomic E-state index is -0.136. The van der Waals surface area contributed by atoms with Gasteiger partial charge < -0.3 is 14.2 Å². The molecule has 0 saturated carbocycles. The predicted octanol–water partition coefficient (Wildman–Crippen LogP) is 3.42. The molecule has 0 spiro atoms. The van der Waals surface area contributed by atoms with Gasteiger partial charge in [0.1, 0.15) is 11.9 Å². The van der Waals surface area contributed by atoms with Gasteiger partial charge in [-0.15, -0.1) is 0 Å². The minimum Gasteiger partial charge on any atom is -0.370 e. The van der Waals surface area contributed by atoms with Gasteiger partial charge in [0.2, 0.25) is 0 Å². The van der Waals surface area contributed by atoms with E-state index >= 15 is 0 Å². The van der Waals surface area contributed by atoms with E-state index in [2.05, 4.69) is 5.16 Å². The first-order valence-corrected chi connectivity index (χ1v) is 8.74. The van der Waals surface area contributed by atoms with Crippen molar-refractivity contribution in [3.8, 4) is 0 Å². The third-order valence-electron chi connectivity index (χ3n) is 4.75. The smallest absolute Gasteiger partial charge is 0.276 e. The first-order chi connectivity index (χ1) is 11.7. The summed E-state index contributed by atoms with van der Waals surface area (Å²) in [5.41, 5.74) is 2.52. The van der Waals surface area contributed by atoms with Crippen molar-refractivity contribution in [3.05, 3.63) is 51.9 Å². The van der Waals surface area contributed by atoms with Crippen LogP contribution in [0.15, 0.2) is 28.8 Å². The molecule has 1 fully saturated rings. The lowest BCUT2D eigenvalue weighted by atomic mass is 9.96. The summed E-state index contributed by atoms with van der Waals surface area (Å²) in [6.07, 6.45) is 3.82. The van der Waals surface area contributed by atoms with Gasteiger partial charge in [0.25, 0.3) is 5.91 Å². The summed E-state index contributed by atoms with van der Waals surface area (Å²) in [4.78, 5) is 14.7. The van der Waals surface area contributed by atoms with Crippen molar-refractivity contribution in [2.75, 3.05) is 19.7 Å². The van der Waals surface area contributed by atoms with Gasteiger partial charge in [-0.25, -0.2) is 0 Å². The van der Waals surface area contributed by atoms with Crippen LogP contribution in [0.4, 0.5) is 0 Å². The summed E-state index contributed by atoms with van der Waals surface area (Å²) in [5.74, 6) is 0.830. The summed E-state index contributed by atoms with van der Waals surface area (Å²) in [5, 5.41) is 4.75. The van der Waals surface area contributed by atoms with Crippen LogP contribution in [0.1, 0.15) is 46.3 Å². The lowest BCUT2D eigenvalue weighted by Gasteiger charge is -2.33. The van der Waals surface area contributed by atoms with Crippen molar-refractivity contribution < 1.29 is 14.1 Å². The molecule has 6 heteroatoms. The molecule has 1 amide bonds. The maximum Gasteiger partial charge on any atom is 0.276 e. The molecule has 1 aliphatic heterocycles. The van der Waals surface area contributed by atoms with Crippen LogP contribution in [0.2, 0.25) is 5.02 Å². The number of hydrogen-bond donors (Lipinski definition) is 0. The lowest BCUT2D eigenvalue weighted by Crippen LogP contribution is -2.42. The van der Waals surface area contributed by atoms with E-state index < -0.39 is 0 Å². The number of aryl methyl sites for hydroxylation is 1. The number of morpholine rings is 1. The van der Waals surface area contributed by atoms with Gasteiger partial charge >= 0.3 is 0 Å². The van der Waals surface area contributed by atoms with E-state index in [4.69, 9.17) is 20.9 Å². The van der Waals surface area contributed by atoms with Crippen molar-refractivity contribution in [1.82, 2.24) is 10.1 Å². The lowest BCUT2D eigenvalue weighted by molar-refractivity contribution is -0.0231. The average Bonchev–Trinajstić information content (AvgIpc) is 3.06. The van der Waals surface area contributed by atoms with Gasteiger partial charge in [0.05, 0.1) is 13.2 Å². The highest BCUT2D eigenvalue weighted by atomic mass is 35.5. The Morgan fingerprint density at radius 3 is 2.83 bits per heavy atom. The van der Waals surface area contributed by atoms with E-state index in [-0.39, 0.29) is 12.0 Å². The fraction of sp³-hybridized carbons (Fsp3) is 0.444. The van der Waals surface area contributed by atoms with Crippen molar-refractivity contribution >= 4 is 17.5 Å². The zero-order valence-electron chi connectivity index (χ0n) is 13.3. The van der Waals surface area contributed by atoms with Gasteiger partial charge in [-0.3, -0.25) is 4.79 Å². The second-order valence-electron chi connectivity index (χ2n) is 6.30. The molecule has 4 rings (SSSR count). The fourth-order valence-electron chi connectivity index (χ4n) is 3.42. The molecule has 1 aromatic carbocycles. The Kier molecular flexibility index (Phi) is 4.29. The van der Waals surface area contributed by atoms with Crippen LogP contribution in [0.25, 0.3) is 0 Å². The number of aromatic nitrogens is 1. The van der Waals surface area contributed by atoms with Crippen molar-refractivity contribution in [3.63, 3.8) is 0 Å². The Bertz CT molecular complexity index is 741. The SMILES string of the molecule is O=C(c1noc2c1CCCC2)N1CCO[C@@H](c2ccc(Cl)cc2)C1. The van der Waals surface area contributed by atoms with Crippen molar-refractivity contribution in [2.24, 2.45) is 0 Å². The van der Waals surface area contributed by atoms with E-state index in [9.17, 15) is 4.79 Å². The number of hydrogen-bond acceptors (Lipinski definition) is 4. The van der Waals surface area contributed by atoms with E-state index in [0.29, 0.717) is 30.4 Å². The molecular formula is C18H19ClN2O3. The van der Waals surface area contributed by atoms with Crippen molar-refractivity contribution in [1.29, 1.82) is 0 Å². The highest BCUT2D eigenvalue weighted by Crippen LogP contribution is 2.28. The third kappa shape index (κ3) is 2.94. The molecule has 2 aliphatic rings. The van der Waals surface area contributed by atoms with E-state index in [1.807, 2.05) is 29.2 Å². The highest BCUT2D eigenvalue weighted by Gasteiger charge is 2.31. The minimum absolute atomic E-state index is 0.0517. The topological polar surface area (TPSA) is 55.6 Å². The zero-order valence-corrected chi connectivity index (χ0v) is 14.1. The second kappa shape index (κ2) is 6.57. The molecule has 126 valence electrons. The monoisotopic (exact) mass is 346 g/mol. The third-order valence-corrected chi connectivity index (χ3v) is 5.00. The molecule has 1 atom stereocenters. The largest absolute Gasteiger partial charge is 0.370 e. The molecule has 0 bridgehead atoms. The Morgan fingerprint density at radius 2 is 2.00 bits per heavy atom. The first kappa shape index (κ1) is 15.7. The molecule has 1 saturated heterocycles. The Morgan fingerprint density at radius 1 is 1.21 bits per heavy atom. The van der Waals surface area contributed by atoms with Crippen molar-refractivity contribution in [2.45, 2.75) is 31.8 Å². The van der Waals surface area contributed by atoms with Gasteiger partial charge in [-0.1, -0.05) is 28.9 Å². The number of rotatable bonds is 2. The molecular weight excluding hydrogens is 328 g/mol. The standard InChI is InChI=1S/C18H19ClN2O3/c19-13-7-5-12(6-8-13)16-11-21(9-10-23-16)18(22)17-14-3-1-2-4-15(14)24-20-17/h5-8,16H,1-4,9-11H2/t16-/m1/s1. The molecule has 5 nitrogen and oxygen atoms in total. The van der Waals surface area contributed by atoms with E-state index in [1.165, 1.54) is 0 Å². The predicted molar refractivity (Wildman–Crippen MR) is 89.2 cm³/mol. The number of nitrogens with zero attached hydrogens (tertiary/aromatic N) is 2.